The van der Waals surface area contributed by atoms with E-state index in [-0.39, 0.29) is 12.1 Å². The summed E-state index contributed by atoms with van der Waals surface area (Å²) in [6, 6.07) is 7.85. The summed E-state index contributed by atoms with van der Waals surface area (Å²) in [6.45, 7) is 6.10. The number of hydrogen-bond donors (Lipinski definition) is 1. The number of halogens is 1. The molecule has 7 heteroatoms. The Hall–Kier alpha value is -1.34. The fraction of sp³-hybridized carbons (Fsp3) is 0.588. The maximum Gasteiger partial charge on any atom is 0.317 e. The van der Waals surface area contributed by atoms with Gasteiger partial charge in [-0.25, -0.2) is 4.79 Å². The van der Waals surface area contributed by atoms with E-state index in [1.54, 1.807) is 4.90 Å². The van der Waals surface area contributed by atoms with Crippen LogP contribution in [0.1, 0.15) is 11.6 Å². The molecule has 1 N–H and O–H groups in total. The summed E-state index contributed by atoms with van der Waals surface area (Å²) in [7, 11) is 0. The van der Waals surface area contributed by atoms with Gasteiger partial charge < -0.3 is 19.7 Å². The minimum absolute atomic E-state index is 0.0383. The number of urea groups is 1. The van der Waals surface area contributed by atoms with Gasteiger partial charge in [-0.2, -0.15) is 0 Å². The molecule has 0 spiro atoms. The molecule has 2 aliphatic heterocycles. The Labute approximate surface area is 147 Å². The summed E-state index contributed by atoms with van der Waals surface area (Å²) in [4.78, 5) is 16.5. The number of nitrogens with zero attached hydrogens (tertiary/aromatic N) is 2. The first kappa shape index (κ1) is 17.5. The Balaban J connectivity index is 1.67. The Morgan fingerprint density at radius 1 is 1.08 bits per heavy atom. The number of hydrogen-bond acceptors (Lipinski definition) is 4. The van der Waals surface area contributed by atoms with Crippen LogP contribution in [0.25, 0.3) is 0 Å². The van der Waals surface area contributed by atoms with E-state index >= 15 is 0 Å². The molecular weight excluding hydrogens is 330 g/mol. The van der Waals surface area contributed by atoms with E-state index in [1.807, 2.05) is 24.3 Å². The van der Waals surface area contributed by atoms with Crippen LogP contribution in [0.4, 0.5) is 4.79 Å². The molecule has 24 heavy (non-hydrogen) atoms. The van der Waals surface area contributed by atoms with Crippen LogP contribution in [0.3, 0.4) is 0 Å². The van der Waals surface area contributed by atoms with E-state index < -0.39 is 0 Å². The third kappa shape index (κ3) is 4.39. The van der Waals surface area contributed by atoms with Crippen molar-refractivity contribution in [2.75, 3.05) is 59.2 Å². The molecule has 1 unspecified atom stereocenters. The molecule has 0 radical (unpaired) electrons. The molecule has 1 aromatic carbocycles. The normalized spacial score (nSPS) is 20.6. The van der Waals surface area contributed by atoms with E-state index in [0.29, 0.717) is 46.1 Å². The highest BCUT2D eigenvalue weighted by atomic mass is 35.5. The van der Waals surface area contributed by atoms with Crippen LogP contribution in [0.15, 0.2) is 24.3 Å². The molecule has 3 rings (SSSR count). The Morgan fingerprint density at radius 2 is 1.71 bits per heavy atom. The van der Waals surface area contributed by atoms with Crippen LogP contribution >= 0.6 is 11.6 Å². The second kappa shape index (κ2) is 8.67. The predicted octanol–water partition coefficient (Wildman–Crippen LogP) is 1.76. The van der Waals surface area contributed by atoms with E-state index in [2.05, 4.69) is 10.2 Å². The summed E-state index contributed by atoms with van der Waals surface area (Å²) >= 11 is 6.40. The van der Waals surface area contributed by atoms with Crippen LogP contribution in [-0.2, 0) is 9.47 Å². The van der Waals surface area contributed by atoms with Gasteiger partial charge in [-0.05, 0) is 11.6 Å². The summed E-state index contributed by atoms with van der Waals surface area (Å²) in [6.07, 6.45) is 0. The molecule has 0 bridgehead atoms. The molecule has 1 aromatic rings. The largest absolute Gasteiger partial charge is 0.379 e. The summed E-state index contributed by atoms with van der Waals surface area (Å²) in [5, 5.41) is 3.80. The molecule has 132 valence electrons. The lowest BCUT2D eigenvalue weighted by atomic mass is 10.0. The number of ether oxygens (including phenoxy) is 2. The van der Waals surface area contributed by atoms with E-state index in [4.69, 9.17) is 21.1 Å². The molecule has 0 aromatic heterocycles. The lowest BCUT2D eigenvalue weighted by molar-refractivity contribution is 0.0158. The minimum Gasteiger partial charge on any atom is -0.379 e. The predicted molar refractivity (Wildman–Crippen MR) is 92.4 cm³/mol. The molecule has 2 aliphatic rings. The van der Waals surface area contributed by atoms with Crippen molar-refractivity contribution >= 4 is 17.6 Å². The number of nitrogens with one attached hydrogen (secondary N) is 1. The zero-order chi connectivity index (χ0) is 16.8. The Kier molecular flexibility index (Phi) is 6.31. The van der Waals surface area contributed by atoms with Gasteiger partial charge in [0.1, 0.15) is 0 Å². The minimum atomic E-state index is -0.0383. The van der Waals surface area contributed by atoms with Crippen molar-refractivity contribution in [2.24, 2.45) is 0 Å². The average molecular weight is 354 g/mol. The van der Waals surface area contributed by atoms with Gasteiger partial charge in [0, 0.05) is 37.7 Å². The zero-order valence-corrected chi connectivity index (χ0v) is 14.5. The highest BCUT2D eigenvalue weighted by Crippen LogP contribution is 2.27. The van der Waals surface area contributed by atoms with Crippen molar-refractivity contribution in [3.05, 3.63) is 34.9 Å². The van der Waals surface area contributed by atoms with Gasteiger partial charge in [0.25, 0.3) is 0 Å². The summed E-state index contributed by atoms with van der Waals surface area (Å²) in [5.74, 6) is 0. The third-order valence-electron chi connectivity index (χ3n) is 4.50. The van der Waals surface area contributed by atoms with Crippen molar-refractivity contribution in [1.82, 2.24) is 15.1 Å². The number of carbonyl (C=O) groups is 1. The topological polar surface area (TPSA) is 54.0 Å². The van der Waals surface area contributed by atoms with E-state index in [1.165, 1.54) is 0 Å². The van der Waals surface area contributed by atoms with Crippen LogP contribution < -0.4 is 5.32 Å². The molecule has 2 amide bonds. The van der Waals surface area contributed by atoms with Gasteiger partial charge in [0.05, 0.1) is 32.5 Å². The van der Waals surface area contributed by atoms with Crippen LogP contribution in [-0.4, -0.2) is 75.0 Å². The molecule has 6 nitrogen and oxygen atoms in total. The number of rotatable bonds is 4. The second-order valence-electron chi connectivity index (χ2n) is 5.97. The van der Waals surface area contributed by atoms with Crippen molar-refractivity contribution in [3.8, 4) is 0 Å². The quantitative estimate of drug-likeness (QED) is 0.896. The van der Waals surface area contributed by atoms with Gasteiger partial charge in [-0.3, -0.25) is 4.90 Å². The molecule has 0 aliphatic carbocycles. The number of morpholine rings is 2. The van der Waals surface area contributed by atoms with Crippen molar-refractivity contribution in [3.63, 3.8) is 0 Å². The molecule has 1 atom stereocenters. The maximum absolute atomic E-state index is 12.4. The van der Waals surface area contributed by atoms with E-state index in [9.17, 15) is 4.79 Å². The maximum atomic E-state index is 12.4. The molecule has 0 saturated carbocycles. The van der Waals surface area contributed by atoms with Crippen LogP contribution in [0.5, 0.6) is 0 Å². The van der Waals surface area contributed by atoms with Gasteiger partial charge in [0.15, 0.2) is 0 Å². The summed E-state index contributed by atoms with van der Waals surface area (Å²) < 4.78 is 10.7. The van der Waals surface area contributed by atoms with Gasteiger partial charge >= 0.3 is 6.03 Å². The standard InChI is InChI=1S/C17H24ClN3O3/c18-15-4-2-1-3-14(15)16(20-5-9-23-10-6-20)13-19-17(22)21-7-11-24-12-8-21/h1-4,16H,5-13H2,(H,19,22). The van der Waals surface area contributed by atoms with Crippen molar-refractivity contribution in [2.45, 2.75) is 6.04 Å². The van der Waals surface area contributed by atoms with E-state index in [0.717, 1.165) is 23.7 Å². The smallest absolute Gasteiger partial charge is 0.317 e. The van der Waals surface area contributed by atoms with Gasteiger partial charge in [-0.1, -0.05) is 29.8 Å². The molecule has 2 fully saturated rings. The first-order valence-corrected chi connectivity index (χ1v) is 8.80. The molecule has 2 saturated heterocycles. The number of benzene rings is 1. The SMILES string of the molecule is O=C(NCC(c1ccccc1Cl)N1CCOCC1)N1CCOCC1. The monoisotopic (exact) mass is 353 g/mol. The van der Waals surface area contributed by atoms with Crippen LogP contribution in [0.2, 0.25) is 5.02 Å². The zero-order valence-electron chi connectivity index (χ0n) is 13.7. The third-order valence-corrected chi connectivity index (χ3v) is 4.84. The fourth-order valence-corrected chi connectivity index (χ4v) is 3.39. The Morgan fingerprint density at radius 3 is 2.38 bits per heavy atom. The first-order chi connectivity index (χ1) is 11.8. The van der Waals surface area contributed by atoms with Crippen molar-refractivity contribution < 1.29 is 14.3 Å². The van der Waals surface area contributed by atoms with Gasteiger partial charge in [0.2, 0.25) is 0 Å². The highest BCUT2D eigenvalue weighted by Gasteiger charge is 2.26. The lowest BCUT2D eigenvalue weighted by Gasteiger charge is -2.36. The van der Waals surface area contributed by atoms with Crippen LogP contribution in [0, 0.1) is 0 Å². The van der Waals surface area contributed by atoms with Gasteiger partial charge in [-0.15, -0.1) is 0 Å². The number of amides is 2. The fourth-order valence-electron chi connectivity index (χ4n) is 3.13. The number of carbonyl (C=O) groups excluding carboxylic acids is 1. The molecular formula is C17H24ClN3O3. The Bertz CT molecular complexity index is 546. The average Bonchev–Trinajstić information content (AvgIpc) is 2.65. The lowest BCUT2D eigenvalue weighted by Crippen LogP contribution is -2.49. The molecule has 2 heterocycles. The first-order valence-electron chi connectivity index (χ1n) is 8.42. The van der Waals surface area contributed by atoms with Crippen molar-refractivity contribution in [1.29, 1.82) is 0 Å². The highest BCUT2D eigenvalue weighted by molar-refractivity contribution is 6.31. The second-order valence-corrected chi connectivity index (χ2v) is 6.38. The summed E-state index contributed by atoms with van der Waals surface area (Å²) in [5.41, 5.74) is 1.04.